The molecule has 1 aliphatic heterocycles. The second-order valence-corrected chi connectivity index (χ2v) is 5.09. The normalized spacial score (nSPS) is 20.3. The number of allylic oxidation sites excluding steroid dienone is 2. The van der Waals surface area contributed by atoms with E-state index in [4.69, 9.17) is 11.6 Å². The third kappa shape index (κ3) is 2.11. The van der Waals surface area contributed by atoms with Crippen molar-refractivity contribution in [3.8, 4) is 0 Å². The number of nitrogens with zero attached hydrogens (tertiary/aromatic N) is 5. The lowest BCUT2D eigenvalue weighted by molar-refractivity contribution is 0.328. The largest absolute Gasteiger partial charge is 0.329 e. The smallest absolute Gasteiger partial charge is 0.224 e. The zero-order chi connectivity index (χ0) is 14.3. The average molecular weight is 288 g/mol. The highest BCUT2D eigenvalue weighted by molar-refractivity contribution is 6.28. The molecule has 2 heterocycles. The first-order valence-electron chi connectivity index (χ1n) is 6.28. The minimum absolute atomic E-state index is 0.234. The number of rotatable bonds is 2. The first-order chi connectivity index (χ1) is 9.56. The molecule has 0 amide bonds. The lowest BCUT2D eigenvalue weighted by atomic mass is 10.0. The maximum absolute atomic E-state index is 5.83. The molecule has 1 aliphatic carbocycles. The molecule has 1 atom stereocenters. The second-order valence-electron chi connectivity index (χ2n) is 4.75. The minimum Gasteiger partial charge on any atom is -0.329 e. The molecular formula is C14H14ClN5. The fourth-order valence-corrected chi connectivity index (χ4v) is 2.33. The monoisotopic (exact) mass is 287 g/mol. The van der Waals surface area contributed by atoms with Crippen LogP contribution in [0.3, 0.4) is 0 Å². The van der Waals surface area contributed by atoms with Gasteiger partial charge in [-0.25, -0.2) is 9.97 Å². The predicted octanol–water partition coefficient (Wildman–Crippen LogP) is 2.24. The quantitative estimate of drug-likeness (QED) is 0.618. The van der Waals surface area contributed by atoms with E-state index in [1.165, 1.54) is 0 Å². The summed E-state index contributed by atoms with van der Waals surface area (Å²) in [6, 6.07) is 2.07. The highest BCUT2D eigenvalue weighted by Gasteiger charge is 2.26. The minimum atomic E-state index is 0.234. The van der Waals surface area contributed by atoms with Crippen molar-refractivity contribution >= 4 is 23.1 Å². The number of anilines is 1. The van der Waals surface area contributed by atoms with Crippen LogP contribution in [0.2, 0.25) is 5.28 Å². The number of hydrogen-bond donors (Lipinski definition) is 0. The number of fused-ring (bicyclic) bond motifs is 1. The molecule has 0 saturated heterocycles. The van der Waals surface area contributed by atoms with Crippen LogP contribution in [0.25, 0.3) is 0 Å². The number of hydrazone groups is 1. The van der Waals surface area contributed by atoms with Crippen molar-refractivity contribution in [2.45, 2.75) is 13.0 Å². The average Bonchev–Trinajstić information content (AvgIpc) is 2.73. The number of likely N-dealkylation sites (N-methyl/N-ethyl adjacent to an activating group) is 2. The van der Waals surface area contributed by atoms with Crippen LogP contribution in [0.1, 0.15) is 6.92 Å². The number of hydrogen-bond acceptors (Lipinski definition) is 5. The molecule has 102 valence electrons. The summed E-state index contributed by atoms with van der Waals surface area (Å²) in [4.78, 5) is 10.0. The van der Waals surface area contributed by atoms with Gasteiger partial charge in [-0.05, 0) is 30.7 Å². The summed E-state index contributed by atoms with van der Waals surface area (Å²) in [5, 5.41) is 6.67. The van der Waals surface area contributed by atoms with Gasteiger partial charge < -0.3 is 4.90 Å². The summed E-state index contributed by atoms with van der Waals surface area (Å²) in [6.07, 6.45) is 5.61. The Morgan fingerprint density at radius 1 is 1.45 bits per heavy atom. The first kappa shape index (κ1) is 12.9. The Morgan fingerprint density at radius 2 is 2.25 bits per heavy atom. The van der Waals surface area contributed by atoms with Gasteiger partial charge in [-0.15, -0.1) is 5.73 Å². The third-order valence-electron chi connectivity index (χ3n) is 3.52. The SMILES string of the molecule is CC1C2=C=CC(N(C)c3ccnc(Cl)n3)=CC2=NN1C. The van der Waals surface area contributed by atoms with Crippen molar-refractivity contribution in [3.05, 3.63) is 46.7 Å². The van der Waals surface area contributed by atoms with Crippen LogP contribution < -0.4 is 4.90 Å². The summed E-state index contributed by atoms with van der Waals surface area (Å²) >= 11 is 5.83. The van der Waals surface area contributed by atoms with E-state index >= 15 is 0 Å². The van der Waals surface area contributed by atoms with Crippen LogP contribution in [-0.2, 0) is 0 Å². The van der Waals surface area contributed by atoms with Crippen molar-refractivity contribution in [1.82, 2.24) is 15.0 Å². The molecular weight excluding hydrogens is 274 g/mol. The molecule has 5 nitrogen and oxygen atoms in total. The molecule has 0 fully saturated rings. The molecule has 0 radical (unpaired) electrons. The topological polar surface area (TPSA) is 44.6 Å². The Hall–Kier alpha value is -2.10. The van der Waals surface area contributed by atoms with Gasteiger partial charge in [0.2, 0.25) is 5.28 Å². The van der Waals surface area contributed by atoms with Crippen molar-refractivity contribution < 1.29 is 0 Å². The van der Waals surface area contributed by atoms with Crippen molar-refractivity contribution in [1.29, 1.82) is 0 Å². The Kier molecular flexibility index (Phi) is 3.08. The molecule has 20 heavy (non-hydrogen) atoms. The van der Waals surface area contributed by atoms with Crippen LogP contribution >= 0.6 is 11.6 Å². The van der Waals surface area contributed by atoms with Gasteiger partial charge >= 0.3 is 0 Å². The fourth-order valence-electron chi connectivity index (χ4n) is 2.18. The zero-order valence-electron chi connectivity index (χ0n) is 11.5. The van der Waals surface area contributed by atoms with Gasteiger partial charge in [-0.2, -0.15) is 5.10 Å². The van der Waals surface area contributed by atoms with Crippen molar-refractivity contribution in [3.63, 3.8) is 0 Å². The zero-order valence-corrected chi connectivity index (χ0v) is 12.3. The Balaban J connectivity index is 1.96. The van der Waals surface area contributed by atoms with Gasteiger partial charge in [0.15, 0.2) is 0 Å². The maximum Gasteiger partial charge on any atom is 0.224 e. The van der Waals surface area contributed by atoms with Crippen LogP contribution in [0, 0.1) is 0 Å². The Bertz CT molecular complexity index is 685. The van der Waals surface area contributed by atoms with Crippen LogP contribution in [-0.4, -0.2) is 40.8 Å². The molecule has 0 saturated carbocycles. The molecule has 3 rings (SSSR count). The van der Waals surface area contributed by atoms with E-state index in [1.807, 2.05) is 42.2 Å². The summed E-state index contributed by atoms with van der Waals surface area (Å²) < 4.78 is 0. The van der Waals surface area contributed by atoms with Crippen LogP contribution in [0.4, 0.5) is 5.82 Å². The molecule has 0 bridgehead atoms. The highest BCUT2D eigenvalue weighted by atomic mass is 35.5. The molecule has 6 heteroatoms. The molecule has 1 unspecified atom stereocenters. The number of halogens is 1. The summed E-state index contributed by atoms with van der Waals surface area (Å²) in [7, 11) is 3.89. The van der Waals surface area contributed by atoms with Gasteiger partial charge in [-0.3, -0.25) is 5.01 Å². The molecule has 2 aliphatic rings. The fraction of sp³-hybridized carbons (Fsp3) is 0.286. The van der Waals surface area contributed by atoms with Gasteiger partial charge in [0, 0.05) is 31.9 Å². The van der Waals surface area contributed by atoms with Crippen LogP contribution in [0.5, 0.6) is 0 Å². The molecule has 1 aromatic heterocycles. The van der Waals surface area contributed by atoms with Gasteiger partial charge in [-0.1, -0.05) is 0 Å². The van der Waals surface area contributed by atoms with E-state index in [0.717, 1.165) is 22.8 Å². The van der Waals surface area contributed by atoms with Gasteiger partial charge in [0.25, 0.3) is 0 Å². The maximum atomic E-state index is 5.83. The van der Waals surface area contributed by atoms with E-state index in [9.17, 15) is 0 Å². The summed E-state index contributed by atoms with van der Waals surface area (Å²) in [5.41, 5.74) is 6.34. The van der Waals surface area contributed by atoms with Crippen molar-refractivity contribution in [2.75, 3.05) is 19.0 Å². The van der Waals surface area contributed by atoms with E-state index in [-0.39, 0.29) is 11.3 Å². The molecule has 1 aromatic rings. The Morgan fingerprint density at radius 3 is 3.00 bits per heavy atom. The molecule has 0 aromatic carbocycles. The van der Waals surface area contributed by atoms with Gasteiger partial charge in [0.1, 0.15) is 5.82 Å². The van der Waals surface area contributed by atoms with E-state index in [2.05, 4.69) is 27.7 Å². The predicted molar refractivity (Wildman–Crippen MR) is 79.8 cm³/mol. The summed E-state index contributed by atoms with van der Waals surface area (Å²) in [6.45, 7) is 2.11. The molecule has 0 N–H and O–H groups in total. The molecule has 0 spiro atoms. The standard InChI is InChI=1S/C14H14ClN5/c1-9-11-5-4-10(8-12(11)18-20(9)3)19(2)13-6-7-16-14(15)17-13/h4,6-9H,1-3H3. The van der Waals surface area contributed by atoms with E-state index < -0.39 is 0 Å². The second kappa shape index (κ2) is 4.78. The van der Waals surface area contributed by atoms with E-state index in [0.29, 0.717) is 0 Å². The third-order valence-corrected chi connectivity index (χ3v) is 3.70. The van der Waals surface area contributed by atoms with Crippen molar-refractivity contribution in [2.24, 2.45) is 5.10 Å². The Labute approximate surface area is 122 Å². The van der Waals surface area contributed by atoms with Crippen LogP contribution in [0.15, 0.2) is 46.5 Å². The first-order valence-corrected chi connectivity index (χ1v) is 6.66. The van der Waals surface area contributed by atoms with Gasteiger partial charge in [0.05, 0.1) is 17.5 Å². The lowest BCUT2D eigenvalue weighted by Gasteiger charge is -2.20. The summed E-state index contributed by atoms with van der Waals surface area (Å²) in [5.74, 6) is 0.734. The number of aromatic nitrogens is 2. The lowest BCUT2D eigenvalue weighted by Crippen LogP contribution is -2.22. The van der Waals surface area contributed by atoms with E-state index in [1.54, 1.807) is 6.20 Å². The highest BCUT2D eigenvalue weighted by Crippen LogP contribution is 2.25.